The van der Waals surface area contributed by atoms with E-state index in [2.05, 4.69) is 13.6 Å². The van der Waals surface area contributed by atoms with E-state index in [0.29, 0.717) is 0 Å². The minimum absolute atomic E-state index is 0.161. The molecule has 0 aliphatic heterocycles. The van der Waals surface area contributed by atoms with Gasteiger partial charge in [0, 0.05) is 0 Å². The second kappa shape index (κ2) is 7.98. The van der Waals surface area contributed by atoms with Crippen molar-refractivity contribution in [2.24, 2.45) is 0 Å². The number of rotatable bonds is 9. The van der Waals surface area contributed by atoms with Crippen molar-refractivity contribution in [3.05, 3.63) is 0 Å². The first-order chi connectivity index (χ1) is 8.22. The van der Waals surface area contributed by atoms with Crippen molar-refractivity contribution in [2.75, 3.05) is 6.61 Å². The van der Waals surface area contributed by atoms with Crippen LogP contribution in [0.5, 0.6) is 0 Å². The van der Waals surface area contributed by atoms with Gasteiger partial charge in [-0.1, -0.05) is 6.92 Å². The van der Waals surface area contributed by atoms with Crippen LogP contribution in [0.15, 0.2) is 0 Å². The van der Waals surface area contributed by atoms with Crippen molar-refractivity contribution in [1.82, 2.24) is 0 Å². The van der Waals surface area contributed by atoms with Gasteiger partial charge < -0.3 is 0 Å². The fraction of sp³-hybridized carbons (Fsp3) is 1.00. The van der Waals surface area contributed by atoms with E-state index < -0.39 is 40.0 Å². The minimum Gasteiger partial charge on any atom is -0.287 e. The third-order valence-electron chi connectivity index (χ3n) is 1.31. The van der Waals surface area contributed by atoms with E-state index in [4.69, 9.17) is 0 Å². The van der Waals surface area contributed by atoms with Crippen LogP contribution in [0.4, 0.5) is 26.3 Å². The van der Waals surface area contributed by atoms with Crippen LogP contribution in [-0.2, 0) is 18.1 Å². The van der Waals surface area contributed by atoms with Gasteiger partial charge in [0.15, 0.2) is 0 Å². The Kier molecular flexibility index (Phi) is 7.84. The van der Waals surface area contributed by atoms with Gasteiger partial charge in [-0.05, 0) is 6.42 Å². The maximum atomic E-state index is 12.5. The molecule has 0 bridgehead atoms. The minimum atomic E-state index is -5.17. The summed E-state index contributed by atoms with van der Waals surface area (Å²) in [6, 6.07) is 0. The first-order valence-electron chi connectivity index (χ1n) is 4.67. The molecule has 0 fully saturated rings. The fourth-order valence-corrected chi connectivity index (χ4v) is 1.88. The van der Waals surface area contributed by atoms with Crippen LogP contribution >= 0.6 is 7.82 Å². The van der Waals surface area contributed by atoms with Crippen LogP contribution in [0.3, 0.4) is 0 Å². The number of phosphoric ester groups is 1. The SMILES string of the molecule is CCCOP(=O)(OC(F)C(F)F)OC(F)C(F)F. The van der Waals surface area contributed by atoms with Gasteiger partial charge in [0.2, 0.25) is 0 Å². The molecule has 0 aromatic rings. The molecule has 0 saturated carbocycles. The molecule has 0 rings (SSSR count). The Morgan fingerprint density at radius 3 is 1.61 bits per heavy atom. The van der Waals surface area contributed by atoms with Crippen LogP contribution in [0, 0.1) is 0 Å². The second-order valence-electron chi connectivity index (χ2n) is 2.86. The Morgan fingerprint density at radius 2 is 1.33 bits per heavy atom. The lowest BCUT2D eigenvalue weighted by Crippen LogP contribution is -2.21. The first kappa shape index (κ1) is 17.7. The van der Waals surface area contributed by atoms with Crippen molar-refractivity contribution in [1.29, 1.82) is 0 Å². The van der Waals surface area contributed by atoms with Crippen LogP contribution in [0.2, 0.25) is 0 Å². The summed E-state index contributed by atoms with van der Waals surface area (Å²) in [6.07, 6.45) is -14.1. The van der Waals surface area contributed by atoms with Gasteiger partial charge in [-0.15, -0.1) is 0 Å². The Bertz CT molecular complexity index is 259. The molecule has 0 aliphatic carbocycles. The maximum Gasteiger partial charge on any atom is 0.480 e. The van der Waals surface area contributed by atoms with Gasteiger partial charge in [0.05, 0.1) is 6.61 Å². The molecule has 0 spiro atoms. The molecule has 11 heteroatoms. The standard InChI is InChI=1S/C7H11F6O4P/c1-2-3-15-18(14,16-6(12)4(8)9)17-7(13)5(10)11/h4-7H,2-3H2,1H3. The highest BCUT2D eigenvalue weighted by atomic mass is 31.2. The molecule has 0 heterocycles. The molecule has 2 unspecified atom stereocenters. The topological polar surface area (TPSA) is 44.8 Å². The molecule has 0 aromatic heterocycles. The molecule has 4 nitrogen and oxygen atoms in total. The van der Waals surface area contributed by atoms with Crippen LogP contribution in [0.1, 0.15) is 13.3 Å². The van der Waals surface area contributed by atoms with E-state index in [9.17, 15) is 30.9 Å². The average Bonchev–Trinajstić information content (AvgIpc) is 2.25. The number of phosphoric acid groups is 1. The zero-order chi connectivity index (χ0) is 14.3. The van der Waals surface area contributed by atoms with E-state index in [0.717, 1.165) is 0 Å². The monoisotopic (exact) mass is 304 g/mol. The molecule has 0 saturated heterocycles. The maximum absolute atomic E-state index is 12.5. The molecule has 0 aromatic carbocycles. The Labute approximate surface area is 98.8 Å². The van der Waals surface area contributed by atoms with Crippen molar-refractivity contribution < 1.29 is 44.5 Å². The summed E-state index contributed by atoms with van der Waals surface area (Å²) in [5.41, 5.74) is 0. The molecule has 110 valence electrons. The lowest BCUT2D eigenvalue weighted by atomic mass is 10.5. The Hall–Kier alpha value is -0.310. The summed E-state index contributed by atoms with van der Waals surface area (Å²) in [6.45, 7) is 1.04. The lowest BCUT2D eigenvalue weighted by molar-refractivity contribution is -0.120. The van der Waals surface area contributed by atoms with E-state index in [1.54, 1.807) is 0 Å². The van der Waals surface area contributed by atoms with Gasteiger partial charge in [-0.3, -0.25) is 4.52 Å². The van der Waals surface area contributed by atoms with Crippen LogP contribution < -0.4 is 0 Å². The fourth-order valence-electron chi connectivity index (χ4n) is 0.627. The zero-order valence-electron chi connectivity index (χ0n) is 9.07. The molecule has 2 atom stereocenters. The molecular formula is C7H11F6O4P. The number of halogens is 6. The largest absolute Gasteiger partial charge is 0.480 e. The second-order valence-corrected chi connectivity index (χ2v) is 4.44. The molecule has 0 radical (unpaired) electrons. The lowest BCUT2D eigenvalue weighted by Gasteiger charge is -2.20. The van der Waals surface area contributed by atoms with Crippen LogP contribution in [0.25, 0.3) is 0 Å². The third kappa shape index (κ3) is 6.58. The highest BCUT2D eigenvalue weighted by molar-refractivity contribution is 7.48. The van der Waals surface area contributed by atoms with E-state index in [-0.39, 0.29) is 6.42 Å². The number of hydrogen-bond donors (Lipinski definition) is 0. The summed E-state index contributed by atoms with van der Waals surface area (Å²) in [5, 5.41) is 0. The molecule has 0 aliphatic rings. The van der Waals surface area contributed by atoms with Gasteiger partial charge in [-0.2, -0.15) is 0 Å². The number of alkyl halides is 6. The summed E-state index contributed by atoms with van der Waals surface area (Å²) in [5.74, 6) is 0. The van der Waals surface area contributed by atoms with Crippen molar-refractivity contribution in [2.45, 2.75) is 38.9 Å². The van der Waals surface area contributed by atoms with Gasteiger partial charge in [-0.25, -0.2) is 40.0 Å². The molecule has 18 heavy (non-hydrogen) atoms. The van der Waals surface area contributed by atoms with E-state index in [1.807, 2.05) is 0 Å². The number of hydrogen-bond acceptors (Lipinski definition) is 4. The van der Waals surface area contributed by atoms with E-state index in [1.165, 1.54) is 6.92 Å². The zero-order valence-corrected chi connectivity index (χ0v) is 9.97. The average molecular weight is 304 g/mol. The van der Waals surface area contributed by atoms with Crippen LogP contribution in [-0.4, -0.2) is 32.2 Å². The van der Waals surface area contributed by atoms with Gasteiger partial charge >= 0.3 is 7.82 Å². The van der Waals surface area contributed by atoms with Crippen molar-refractivity contribution in [3.8, 4) is 0 Å². The summed E-state index contributed by atoms with van der Waals surface area (Å²) >= 11 is 0. The Balaban J connectivity index is 4.66. The van der Waals surface area contributed by atoms with E-state index >= 15 is 0 Å². The normalized spacial score (nSPS) is 18.9. The Morgan fingerprint density at radius 1 is 0.944 bits per heavy atom. The predicted octanol–water partition coefficient (Wildman–Crippen LogP) is 3.68. The molecule has 0 amide bonds. The quantitative estimate of drug-likeness (QED) is 0.481. The summed E-state index contributed by atoms with van der Waals surface area (Å²) < 4.78 is 94.8. The molecule has 0 N–H and O–H groups in total. The smallest absolute Gasteiger partial charge is 0.287 e. The predicted molar refractivity (Wildman–Crippen MR) is 47.8 cm³/mol. The highest BCUT2D eigenvalue weighted by Gasteiger charge is 2.40. The first-order valence-corrected chi connectivity index (χ1v) is 6.13. The van der Waals surface area contributed by atoms with Gasteiger partial charge in [0.25, 0.3) is 25.6 Å². The van der Waals surface area contributed by atoms with Crippen molar-refractivity contribution >= 4 is 7.82 Å². The molecular weight excluding hydrogens is 293 g/mol. The van der Waals surface area contributed by atoms with Gasteiger partial charge in [0.1, 0.15) is 0 Å². The third-order valence-corrected chi connectivity index (χ3v) is 2.73. The highest BCUT2D eigenvalue weighted by Crippen LogP contribution is 2.53. The summed E-state index contributed by atoms with van der Waals surface area (Å²) in [7, 11) is -5.17. The van der Waals surface area contributed by atoms with Crippen molar-refractivity contribution in [3.63, 3.8) is 0 Å². The summed E-state index contributed by atoms with van der Waals surface area (Å²) in [4.78, 5) is 0.